The number of nitrogens with one attached hydrogen (secondary N) is 3. The van der Waals surface area contributed by atoms with Crippen molar-refractivity contribution in [3.8, 4) is 0 Å². The number of carbonyl (C=O) groups excluding carboxylic acids is 1. The summed E-state index contributed by atoms with van der Waals surface area (Å²) in [4.78, 5) is 16.8. The summed E-state index contributed by atoms with van der Waals surface area (Å²) >= 11 is 0. The van der Waals surface area contributed by atoms with E-state index in [1.165, 1.54) is 31.5 Å². The topological polar surface area (TPSA) is 49.3 Å². The smallest absolute Gasteiger partial charge is 0.267 e. The van der Waals surface area contributed by atoms with E-state index >= 15 is 0 Å². The number of fused-ring (bicyclic) bond motifs is 1. The molecular weight excluding hydrogens is 269 g/mol. The molecule has 0 spiro atoms. The fourth-order valence-corrected chi connectivity index (χ4v) is 3.23. The second-order valence-electron chi connectivity index (χ2n) is 5.73. The zero-order valence-electron chi connectivity index (χ0n) is 12.2. The van der Waals surface area contributed by atoms with Gasteiger partial charge in [-0.05, 0) is 31.2 Å². The van der Waals surface area contributed by atoms with Gasteiger partial charge < -0.3 is 15.2 Å². The summed E-state index contributed by atoms with van der Waals surface area (Å²) in [5, 5.41) is 3.72. The molecule has 2 aromatic rings. The second-order valence-corrected chi connectivity index (χ2v) is 5.73. The van der Waals surface area contributed by atoms with E-state index in [2.05, 4.69) is 17.2 Å². The maximum absolute atomic E-state index is 13.2. The molecule has 4 nitrogen and oxygen atoms in total. The maximum atomic E-state index is 13.2. The van der Waals surface area contributed by atoms with Gasteiger partial charge in [0.15, 0.2) is 0 Å². The number of likely N-dealkylation sites (tertiary alicyclic amines) is 1. The van der Waals surface area contributed by atoms with Gasteiger partial charge in [-0.25, -0.2) is 4.39 Å². The Morgan fingerprint density at radius 1 is 1.48 bits per heavy atom. The maximum Gasteiger partial charge on any atom is 0.267 e. The number of halogens is 1. The minimum Gasteiger partial charge on any atom is -0.351 e. The SMILES string of the molecule is CC[NH+]1CCC[C@@H]1CNC(=O)c1cc2cc(F)ccc2[nH]1. The van der Waals surface area contributed by atoms with Gasteiger partial charge in [0.2, 0.25) is 0 Å². The van der Waals surface area contributed by atoms with Crippen LogP contribution in [0.15, 0.2) is 24.3 Å². The summed E-state index contributed by atoms with van der Waals surface area (Å²) in [5.41, 5.74) is 1.27. The standard InChI is InChI=1S/C16H20FN3O/c1-2-20-7-3-4-13(20)10-18-16(21)15-9-11-8-12(17)5-6-14(11)19-15/h5-6,8-9,13,19H,2-4,7,10H2,1H3,(H,18,21)/p+1/t13-/m1/s1. The first-order valence-corrected chi connectivity index (χ1v) is 7.58. The van der Waals surface area contributed by atoms with Crippen LogP contribution in [0.5, 0.6) is 0 Å². The zero-order chi connectivity index (χ0) is 14.8. The molecule has 1 aromatic carbocycles. The lowest BCUT2D eigenvalue weighted by Crippen LogP contribution is -3.14. The van der Waals surface area contributed by atoms with Crippen LogP contribution < -0.4 is 10.2 Å². The van der Waals surface area contributed by atoms with Crippen molar-refractivity contribution < 1.29 is 14.1 Å². The van der Waals surface area contributed by atoms with Gasteiger partial charge in [-0.3, -0.25) is 4.79 Å². The molecular formula is C16H21FN3O+. The highest BCUT2D eigenvalue weighted by Crippen LogP contribution is 2.16. The Hall–Kier alpha value is -1.88. The third kappa shape index (κ3) is 2.93. The lowest BCUT2D eigenvalue weighted by Gasteiger charge is -2.19. The van der Waals surface area contributed by atoms with Crippen molar-refractivity contribution in [2.75, 3.05) is 19.6 Å². The lowest BCUT2D eigenvalue weighted by molar-refractivity contribution is -0.909. The van der Waals surface area contributed by atoms with Crippen molar-refractivity contribution >= 4 is 16.8 Å². The molecule has 1 amide bonds. The predicted molar refractivity (Wildman–Crippen MR) is 80.0 cm³/mol. The monoisotopic (exact) mass is 290 g/mol. The van der Waals surface area contributed by atoms with E-state index < -0.39 is 0 Å². The molecule has 0 saturated carbocycles. The van der Waals surface area contributed by atoms with Gasteiger partial charge in [0.25, 0.3) is 5.91 Å². The molecule has 5 heteroatoms. The zero-order valence-corrected chi connectivity index (χ0v) is 12.2. The summed E-state index contributed by atoms with van der Waals surface area (Å²) in [6.45, 7) is 5.18. The first kappa shape index (κ1) is 14.1. The number of carbonyl (C=O) groups is 1. The second kappa shape index (κ2) is 5.85. The Bertz CT molecular complexity index is 652. The molecule has 1 saturated heterocycles. The Kier molecular flexibility index (Phi) is 3.92. The number of H-pyrrole nitrogens is 1. The number of hydrogen-bond donors (Lipinski definition) is 3. The van der Waals surface area contributed by atoms with Crippen LogP contribution >= 0.6 is 0 Å². The number of hydrogen-bond acceptors (Lipinski definition) is 1. The van der Waals surface area contributed by atoms with Crippen LogP contribution in [0.2, 0.25) is 0 Å². The van der Waals surface area contributed by atoms with E-state index in [1.807, 2.05) is 0 Å². The number of aromatic nitrogens is 1. The van der Waals surface area contributed by atoms with Crippen molar-refractivity contribution in [3.05, 3.63) is 35.8 Å². The fraction of sp³-hybridized carbons (Fsp3) is 0.438. The minimum absolute atomic E-state index is 0.117. The molecule has 1 fully saturated rings. The van der Waals surface area contributed by atoms with E-state index in [1.54, 1.807) is 17.0 Å². The van der Waals surface area contributed by atoms with Crippen molar-refractivity contribution in [1.82, 2.24) is 10.3 Å². The first-order valence-electron chi connectivity index (χ1n) is 7.58. The molecule has 1 aromatic heterocycles. The van der Waals surface area contributed by atoms with Gasteiger partial charge in [-0.15, -0.1) is 0 Å². The van der Waals surface area contributed by atoms with Crippen LogP contribution in [-0.4, -0.2) is 36.6 Å². The number of aromatic amines is 1. The van der Waals surface area contributed by atoms with Crippen molar-refractivity contribution in [2.45, 2.75) is 25.8 Å². The summed E-state index contributed by atoms with van der Waals surface area (Å²) in [6, 6.07) is 6.69. The number of likely N-dealkylation sites (N-methyl/N-ethyl adjacent to an activating group) is 1. The normalized spacial score (nSPS) is 21.8. The average molecular weight is 290 g/mol. The Morgan fingerprint density at radius 2 is 2.33 bits per heavy atom. The Morgan fingerprint density at radius 3 is 3.14 bits per heavy atom. The molecule has 0 bridgehead atoms. The molecule has 21 heavy (non-hydrogen) atoms. The Balaban J connectivity index is 1.66. The largest absolute Gasteiger partial charge is 0.351 e. The molecule has 1 aliphatic rings. The van der Waals surface area contributed by atoms with Crippen LogP contribution in [0.1, 0.15) is 30.3 Å². The summed E-state index contributed by atoms with van der Waals surface area (Å²) in [5.74, 6) is -0.407. The molecule has 3 N–H and O–H groups in total. The van der Waals surface area contributed by atoms with E-state index in [0.29, 0.717) is 18.3 Å². The highest BCUT2D eigenvalue weighted by atomic mass is 19.1. The van der Waals surface area contributed by atoms with Gasteiger partial charge in [-0.2, -0.15) is 0 Å². The summed E-state index contributed by atoms with van der Waals surface area (Å²) in [7, 11) is 0. The van der Waals surface area contributed by atoms with Crippen LogP contribution in [0.25, 0.3) is 10.9 Å². The average Bonchev–Trinajstić information content (AvgIpc) is 3.10. The molecule has 2 heterocycles. The minimum atomic E-state index is -0.290. The van der Waals surface area contributed by atoms with Crippen LogP contribution in [-0.2, 0) is 0 Å². The highest BCUT2D eigenvalue weighted by molar-refractivity contribution is 5.97. The van der Waals surface area contributed by atoms with Gasteiger partial charge in [0.1, 0.15) is 17.6 Å². The lowest BCUT2D eigenvalue weighted by atomic mass is 10.2. The number of amides is 1. The molecule has 0 aliphatic carbocycles. The fourth-order valence-electron chi connectivity index (χ4n) is 3.23. The molecule has 1 unspecified atom stereocenters. The van der Waals surface area contributed by atoms with Gasteiger partial charge >= 0.3 is 0 Å². The predicted octanol–water partition coefficient (Wildman–Crippen LogP) is 1.10. The molecule has 0 radical (unpaired) electrons. The molecule has 1 aliphatic heterocycles. The number of benzene rings is 1. The van der Waals surface area contributed by atoms with Gasteiger partial charge in [0.05, 0.1) is 19.6 Å². The first-order chi connectivity index (χ1) is 10.2. The molecule has 2 atom stereocenters. The van der Waals surface area contributed by atoms with Crippen LogP contribution in [0.3, 0.4) is 0 Å². The highest BCUT2D eigenvalue weighted by Gasteiger charge is 2.27. The summed E-state index contributed by atoms with van der Waals surface area (Å²) < 4.78 is 13.2. The van der Waals surface area contributed by atoms with Gasteiger partial charge in [0, 0.05) is 23.7 Å². The van der Waals surface area contributed by atoms with Crippen molar-refractivity contribution in [3.63, 3.8) is 0 Å². The number of quaternary nitrogens is 1. The van der Waals surface area contributed by atoms with Crippen molar-refractivity contribution in [1.29, 1.82) is 0 Å². The molecule has 3 rings (SSSR count). The van der Waals surface area contributed by atoms with Crippen molar-refractivity contribution in [2.24, 2.45) is 0 Å². The van der Waals surface area contributed by atoms with E-state index in [9.17, 15) is 9.18 Å². The molecule has 112 valence electrons. The quantitative estimate of drug-likeness (QED) is 0.776. The van der Waals surface area contributed by atoms with Crippen LogP contribution in [0, 0.1) is 5.82 Å². The van der Waals surface area contributed by atoms with E-state index in [4.69, 9.17) is 0 Å². The van der Waals surface area contributed by atoms with E-state index in [0.717, 1.165) is 17.4 Å². The van der Waals surface area contributed by atoms with E-state index in [-0.39, 0.29) is 11.7 Å². The third-order valence-corrected chi connectivity index (χ3v) is 4.42. The van der Waals surface area contributed by atoms with Crippen LogP contribution in [0.4, 0.5) is 4.39 Å². The number of rotatable bonds is 4. The van der Waals surface area contributed by atoms with Gasteiger partial charge in [-0.1, -0.05) is 0 Å². The summed E-state index contributed by atoms with van der Waals surface area (Å²) in [6.07, 6.45) is 2.40. The Labute approximate surface area is 123 Å². The third-order valence-electron chi connectivity index (χ3n) is 4.42.